The van der Waals surface area contributed by atoms with E-state index in [2.05, 4.69) is 10.8 Å². The number of carbonyl (C=O) groups excluding carboxylic acids is 2. The van der Waals surface area contributed by atoms with Crippen LogP contribution in [0, 0.1) is 5.92 Å². The highest BCUT2D eigenvalue weighted by Crippen LogP contribution is 2.31. The van der Waals surface area contributed by atoms with Gasteiger partial charge in [0.2, 0.25) is 0 Å². The fraction of sp³-hybridized carbons (Fsp3) is 0.375. The Bertz CT molecular complexity index is 554. The van der Waals surface area contributed by atoms with Crippen molar-refractivity contribution in [1.29, 1.82) is 0 Å². The predicted molar refractivity (Wildman–Crippen MR) is 96.8 cm³/mol. The van der Waals surface area contributed by atoms with E-state index in [1.54, 1.807) is 0 Å². The molecule has 0 radical (unpaired) electrons. The summed E-state index contributed by atoms with van der Waals surface area (Å²) in [6, 6.07) is 8.76. The van der Waals surface area contributed by atoms with Gasteiger partial charge in [-0.15, -0.1) is 23.5 Å². The number of hydroxylamine groups is 1. The molecular formula is C16H22N2O3S2. The number of benzene rings is 1. The number of urea groups is 1. The second-order valence-electron chi connectivity index (χ2n) is 4.92. The normalized spacial score (nSPS) is 10.3. The van der Waals surface area contributed by atoms with Crippen LogP contribution < -0.4 is 10.8 Å². The number of imide groups is 1. The van der Waals surface area contributed by atoms with Gasteiger partial charge in [0.25, 0.3) is 5.91 Å². The average Bonchev–Trinajstić information content (AvgIpc) is 2.52. The van der Waals surface area contributed by atoms with Gasteiger partial charge < -0.3 is 0 Å². The summed E-state index contributed by atoms with van der Waals surface area (Å²) in [4.78, 5) is 29.1. The molecule has 2 N–H and O–H groups in total. The first-order valence-corrected chi connectivity index (χ1v) is 9.53. The largest absolute Gasteiger partial charge is 0.345 e. The number of hydrogen-bond acceptors (Lipinski definition) is 5. The Hall–Kier alpha value is -1.44. The molecule has 0 fully saturated rings. The maximum absolute atomic E-state index is 12.3. The van der Waals surface area contributed by atoms with Gasteiger partial charge in [-0.25, -0.2) is 10.3 Å². The summed E-state index contributed by atoms with van der Waals surface area (Å²) in [6.45, 7) is 4.08. The maximum atomic E-state index is 12.3. The Morgan fingerprint density at radius 3 is 2.26 bits per heavy atom. The van der Waals surface area contributed by atoms with E-state index in [0.29, 0.717) is 5.57 Å². The van der Waals surface area contributed by atoms with E-state index >= 15 is 0 Å². The molecule has 0 saturated heterocycles. The van der Waals surface area contributed by atoms with Crippen molar-refractivity contribution in [2.75, 3.05) is 12.5 Å². The van der Waals surface area contributed by atoms with Crippen LogP contribution in [0.15, 0.2) is 40.1 Å². The smallest absolute Gasteiger partial charge is 0.272 e. The minimum absolute atomic E-state index is 0.0166. The molecule has 0 atom stereocenters. The SMILES string of the molecule is CSC(SC)=C(C(=O)NC(=O)NOCc1ccccc1)C(C)C. The highest BCUT2D eigenvalue weighted by Gasteiger charge is 2.20. The minimum Gasteiger partial charge on any atom is -0.272 e. The monoisotopic (exact) mass is 354 g/mol. The summed E-state index contributed by atoms with van der Waals surface area (Å²) in [5, 5.41) is 2.30. The lowest BCUT2D eigenvalue weighted by Crippen LogP contribution is -2.40. The number of thioether (sulfide) groups is 2. The molecule has 0 heterocycles. The van der Waals surface area contributed by atoms with Crippen LogP contribution in [0.25, 0.3) is 0 Å². The van der Waals surface area contributed by atoms with Crippen LogP contribution in [-0.4, -0.2) is 24.4 Å². The van der Waals surface area contributed by atoms with Gasteiger partial charge in [-0.2, -0.15) is 0 Å². The van der Waals surface area contributed by atoms with Gasteiger partial charge in [0.05, 0.1) is 6.61 Å². The summed E-state index contributed by atoms with van der Waals surface area (Å²) < 4.78 is 0.899. The Morgan fingerprint density at radius 2 is 1.74 bits per heavy atom. The summed E-state index contributed by atoms with van der Waals surface area (Å²) in [5.41, 5.74) is 3.75. The lowest BCUT2D eigenvalue weighted by molar-refractivity contribution is -0.117. The van der Waals surface area contributed by atoms with Gasteiger partial charge in [-0.05, 0) is 24.0 Å². The standard InChI is InChI=1S/C16H22N2O3S2/c1-11(2)13(15(22-3)23-4)14(19)17-16(20)18-21-10-12-8-6-5-7-9-12/h5-9,11H,10H2,1-4H3,(H2,17,18,19,20). The predicted octanol–water partition coefficient (Wildman–Crippen LogP) is 3.54. The molecular weight excluding hydrogens is 332 g/mol. The summed E-state index contributed by atoms with van der Waals surface area (Å²) >= 11 is 2.99. The summed E-state index contributed by atoms with van der Waals surface area (Å²) in [7, 11) is 0. The molecule has 1 rings (SSSR count). The molecule has 126 valence electrons. The Kier molecular flexibility index (Phi) is 8.83. The highest BCUT2D eigenvalue weighted by molar-refractivity contribution is 8.21. The quantitative estimate of drug-likeness (QED) is 0.579. The van der Waals surface area contributed by atoms with Crippen molar-refractivity contribution in [1.82, 2.24) is 10.8 Å². The Balaban J connectivity index is 2.55. The molecule has 7 heteroatoms. The van der Waals surface area contributed by atoms with Crippen molar-refractivity contribution in [3.05, 3.63) is 45.7 Å². The average molecular weight is 354 g/mol. The van der Waals surface area contributed by atoms with Crippen LogP contribution in [0.5, 0.6) is 0 Å². The van der Waals surface area contributed by atoms with E-state index in [4.69, 9.17) is 4.84 Å². The van der Waals surface area contributed by atoms with Crippen molar-refractivity contribution in [3.8, 4) is 0 Å². The van der Waals surface area contributed by atoms with Crippen molar-refractivity contribution in [2.45, 2.75) is 20.5 Å². The van der Waals surface area contributed by atoms with E-state index in [1.807, 2.05) is 56.7 Å². The van der Waals surface area contributed by atoms with Gasteiger partial charge >= 0.3 is 6.03 Å². The lowest BCUT2D eigenvalue weighted by atomic mass is 10.1. The first kappa shape index (κ1) is 19.6. The zero-order chi connectivity index (χ0) is 17.2. The van der Waals surface area contributed by atoms with E-state index in [-0.39, 0.29) is 12.5 Å². The zero-order valence-electron chi connectivity index (χ0n) is 13.7. The summed E-state index contributed by atoms with van der Waals surface area (Å²) in [5.74, 6) is -0.387. The molecule has 1 aromatic rings. The van der Waals surface area contributed by atoms with Crippen LogP contribution in [0.1, 0.15) is 19.4 Å². The van der Waals surface area contributed by atoms with Gasteiger partial charge in [-0.1, -0.05) is 44.2 Å². The number of rotatable bonds is 7. The molecule has 23 heavy (non-hydrogen) atoms. The van der Waals surface area contributed by atoms with Gasteiger partial charge in [0, 0.05) is 9.81 Å². The Morgan fingerprint density at radius 1 is 1.13 bits per heavy atom. The molecule has 0 spiro atoms. The fourth-order valence-corrected chi connectivity index (χ4v) is 3.61. The van der Waals surface area contributed by atoms with E-state index in [9.17, 15) is 9.59 Å². The second-order valence-corrected chi connectivity index (χ2v) is 6.82. The summed E-state index contributed by atoms with van der Waals surface area (Å²) in [6.07, 6.45) is 3.81. The second kappa shape index (κ2) is 10.4. The molecule has 1 aromatic carbocycles. The van der Waals surface area contributed by atoms with Gasteiger partial charge in [0.1, 0.15) is 0 Å². The molecule has 0 aliphatic rings. The van der Waals surface area contributed by atoms with Gasteiger partial charge in [-0.3, -0.25) is 14.9 Å². The molecule has 0 unspecified atom stereocenters. The number of nitrogens with one attached hydrogen (secondary N) is 2. The highest BCUT2D eigenvalue weighted by atomic mass is 32.2. The molecule has 0 bridgehead atoms. The van der Waals surface area contributed by atoms with E-state index in [0.717, 1.165) is 9.80 Å². The molecule has 0 aromatic heterocycles. The molecule has 0 aliphatic carbocycles. The molecule has 3 amide bonds. The van der Waals surface area contributed by atoms with Crippen LogP contribution >= 0.6 is 23.5 Å². The first-order valence-electron chi connectivity index (χ1n) is 7.08. The molecule has 0 saturated carbocycles. The number of carbonyl (C=O) groups is 2. The third-order valence-electron chi connectivity index (χ3n) is 2.89. The van der Waals surface area contributed by atoms with Crippen LogP contribution in [0.3, 0.4) is 0 Å². The third-order valence-corrected chi connectivity index (χ3v) is 5.07. The van der Waals surface area contributed by atoms with Crippen molar-refractivity contribution < 1.29 is 14.4 Å². The third kappa shape index (κ3) is 6.68. The van der Waals surface area contributed by atoms with Crippen LogP contribution in [0.2, 0.25) is 0 Å². The van der Waals surface area contributed by atoms with Crippen molar-refractivity contribution >= 4 is 35.5 Å². The van der Waals surface area contributed by atoms with Crippen LogP contribution in [-0.2, 0) is 16.2 Å². The zero-order valence-corrected chi connectivity index (χ0v) is 15.3. The maximum Gasteiger partial charge on any atom is 0.345 e. The lowest BCUT2D eigenvalue weighted by Gasteiger charge is -2.15. The van der Waals surface area contributed by atoms with Crippen LogP contribution in [0.4, 0.5) is 4.79 Å². The minimum atomic E-state index is -0.675. The van der Waals surface area contributed by atoms with Gasteiger partial charge in [0.15, 0.2) is 0 Å². The number of hydrogen-bond donors (Lipinski definition) is 2. The van der Waals surface area contributed by atoms with E-state index in [1.165, 1.54) is 23.5 Å². The van der Waals surface area contributed by atoms with E-state index < -0.39 is 11.9 Å². The topological polar surface area (TPSA) is 67.4 Å². The number of amides is 3. The Labute approximate surface area is 145 Å². The van der Waals surface area contributed by atoms with Crippen molar-refractivity contribution in [2.24, 2.45) is 5.92 Å². The first-order chi connectivity index (χ1) is 11.0. The fourth-order valence-electron chi connectivity index (χ4n) is 1.85. The molecule has 0 aliphatic heterocycles. The van der Waals surface area contributed by atoms with Crippen molar-refractivity contribution in [3.63, 3.8) is 0 Å². The molecule has 5 nitrogen and oxygen atoms in total.